The predicted molar refractivity (Wildman–Crippen MR) is 70.4 cm³/mol. The number of rotatable bonds is 6. The Hall–Kier alpha value is -0.690. The van der Waals surface area contributed by atoms with Crippen molar-refractivity contribution in [2.45, 2.75) is 26.7 Å². The Morgan fingerprint density at radius 1 is 1.19 bits per heavy atom. The first-order chi connectivity index (χ1) is 7.65. The minimum absolute atomic E-state index is 0.579. The molecule has 0 amide bonds. The van der Waals surface area contributed by atoms with Crippen LogP contribution < -0.4 is 4.74 Å². The Kier molecular flexibility index (Phi) is 5.68. The summed E-state index contributed by atoms with van der Waals surface area (Å²) in [5, 5.41) is 0. The molecule has 0 aliphatic rings. The van der Waals surface area contributed by atoms with Gasteiger partial charge in [0.1, 0.15) is 5.75 Å². The minimum Gasteiger partial charge on any atom is -0.497 e. The van der Waals surface area contributed by atoms with E-state index in [1.54, 1.807) is 7.11 Å². The van der Waals surface area contributed by atoms with E-state index in [0.29, 0.717) is 11.8 Å². The van der Waals surface area contributed by atoms with E-state index >= 15 is 0 Å². The Morgan fingerprint density at radius 3 is 2.25 bits per heavy atom. The number of hydrogen-bond donors (Lipinski definition) is 0. The fourth-order valence-electron chi connectivity index (χ4n) is 1.96. The number of ether oxygens (including phenoxy) is 1. The molecule has 1 rings (SSSR count). The molecule has 0 fully saturated rings. The van der Waals surface area contributed by atoms with Crippen molar-refractivity contribution in [2.24, 2.45) is 11.8 Å². The summed E-state index contributed by atoms with van der Waals surface area (Å²) in [6.07, 6.45) is 2.25. The molecule has 0 radical (unpaired) electrons. The minimum atomic E-state index is 0.579. The number of alkyl halides is 1. The van der Waals surface area contributed by atoms with Gasteiger partial charge in [-0.05, 0) is 42.4 Å². The maximum absolute atomic E-state index is 6.00. The van der Waals surface area contributed by atoms with E-state index in [1.807, 2.05) is 12.1 Å². The van der Waals surface area contributed by atoms with Crippen LogP contribution in [0.4, 0.5) is 0 Å². The molecule has 0 spiro atoms. The first-order valence-corrected chi connectivity index (χ1v) is 6.38. The van der Waals surface area contributed by atoms with E-state index in [-0.39, 0.29) is 0 Å². The first kappa shape index (κ1) is 13.4. The Labute approximate surface area is 104 Å². The zero-order valence-corrected chi connectivity index (χ0v) is 11.1. The molecule has 0 saturated heterocycles. The van der Waals surface area contributed by atoms with E-state index in [4.69, 9.17) is 16.3 Å². The lowest BCUT2D eigenvalue weighted by Gasteiger charge is -2.16. The molecule has 0 saturated carbocycles. The van der Waals surface area contributed by atoms with Crippen LogP contribution in [0.15, 0.2) is 24.3 Å². The lowest BCUT2D eigenvalue weighted by molar-refractivity contribution is 0.414. The number of benzene rings is 1. The van der Waals surface area contributed by atoms with Crippen molar-refractivity contribution >= 4 is 11.6 Å². The average molecular weight is 241 g/mol. The van der Waals surface area contributed by atoms with Gasteiger partial charge >= 0.3 is 0 Å². The van der Waals surface area contributed by atoms with Crippen molar-refractivity contribution in [2.75, 3.05) is 13.0 Å². The maximum atomic E-state index is 6.00. The number of methoxy groups -OCH3 is 1. The van der Waals surface area contributed by atoms with E-state index in [1.165, 1.54) is 12.0 Å². The summed E-state index contributed by atoms with van der Waals surface area (Å²) in [4.78, 5) is 0. The van der Waals surface area contributed by atoms with Gasteiger partial charge < -0.3 is 4.74 Å². The largest absolute Gasteiger partial charge is 0.497 e. The molecule has 1 nitrogen and oxygen atoms in total. The zero-order valence-electron chi connectivity index (χ0n) is 10.4. The second-order valence-corrected chi connectivity index (χ2v) is 5.01. The van der Waals surface area contributed by atoms with Crippen LogP contribution in [-0.2, 0) is 6.42 Å². The molecule has 0 aliphatic carbocycles. The molecular formula is C14H21ClO. The molecular weight excluding hydrogens is 220 g/mol. The second kappa shape index (κ2) is 6.80. The highest BCUT2D eigenvalue weighted by Gasteiger charge is 2.10. The SMILES string of the molecule is COc1ccc(CC(CCl)CC(C)C)cc1. The van der Waals surface area contributed by atoms with Gasteiger partial charge in [0.05, 0.1) is 7.11 Å². The third-order valence-corrected chi connectivity index (χ3v) is 3.14. The van der Waals surface area contributed by atoms with Gasteiger partial charge in [-0.3, -0.25) is 0 Å². The van der Waals surface area contributed by atoms with Gasteiger partial charge in [0.25, 0.3) is 0 Å². The van der Waals surface area contributed by atoms with Crippen LogP contribution in [0.3, 0.4) is 0 Å². The lowest BCUT2D eigenvalue weighted by Crippen LogP contribution is -2.09. The van der Waals surface area contributed by atoms with E-state index in [2.05, 4.69) is 26.0 Å². The summed E-state index contributed by atoms with van der Waals surface area (Å²) in [6, 6.07) is 8.27. The monoisotopic (exact) mass is 240 g/mol. The maximum Gasteiger partial charge on any atom is 0.118 e. The van der Waals surface area contributed by atoms with Gasteiger partial charge in [-0.25, -0.2) is 0 Å². The molecule has 0 heterocycles. The van der Waals surface area contributed by atoms with Crippen LogP contribution in [0.2, 0.25) is 0 Å². The van der Waals surface area contributed by atoms with Gasteiger partial charge in [-0.2, -0.15) is 0 Å². The second-order valence-electron chi connectivity index (χ2n) is 4.70. The summed E-state index contributed by atoms with van der Waals surface area (Å²) in [5.74, 6) is 2.94. The van der Waals surface area contributed by atoms with Crippen LogP contribution in [0, 0.1) is 11.8 Å². The quantitative estimate of drug-likeness (QED) is 0.679. The Bertz CT molecular complexity index is 292. The smallest absolute Gasteiger partial charge is 0.118 e. The topological polar surface area (TPSA) is 9.23 Å². The van der Waals surface area contributed by atoms with Crippen LogP contribution in [0.5, 0.6) is 5.75 Å². The van der Waals surface area contributed by atoms with E-state index < -0.39 is 0 Å². The number of hydrogen-bond acceptors (Lipinski definition) is 1. The van der Waals surface area contributed by atoms with E-state index in [0.717, 1.165) is 18.1 Å². The molecule has 16 heavy (non-hydrogen) atoms. The van der Waals surface area contributed by atoms with Crippen molar-refractivity contribution in [1.82, 2.24) is 0 Å². The molecule has 1 atom stereocenters. The molecule has 1 aromatic rings. The van der Waals surface area contributed by atoms with Crippen molar-refractivity contribution < 1.29 is 4.74 Å². The van der Waals surface area contributed by atoms with Crippen LogP contribution >= 0.6 is 11.6 Å². The molecule has 1 unspecified atom stereocenters. The summed E-state index contributed by atoms with van der Waals surface area (Å²) < 4.78 is 5.14. The highest BCUT2D eigenvalue weighted by atomic mass is 35.5. The van der Waals surface area contributed by atoms with Crippen molar-refractivity contribution in [3.63, 3.8) is 0 Å². The van der Waals surface area contributed by atoms with E-state index in [9.17, 15) is 0 Å². The molecule has 1 aromatic carbocycles. The fourth-order valence-corrected chi connectivity index (χ4v) is 2.20. The summed E-state index contributed by atoms with van der Waals surface area (Å²) in [6.45, 7) is 4.49. The fraction of sp³-hybridized carbons (Fsp3) is 0.571. The van der Waals surface area contributed by atoms with Crippen molar-refractivity contribution in [3.05, 3.63) is 29.8 Å². The third-order valence-electron chi connectivity index (χ3n) is 2.71. The van der Waals surface area contributed by atoms with Gasteiger partial charge in [0, 0.05) is 5.88 Å². The van der Waals surface area contributed by atoms with Crippen LogP contribution in [0.1, 0.15) is 25.8 Å². The predicted octanol–water partition coefficient (Wildman–Crippen LogP) is 4.14. The Balaban J connectivity index is 2.56. The Morgan fingerprint density at radius 2 is 1.81 bits per heavy atom. The molecule has 0 aliphatic heterocycles. The zero-order chi connectivity index (χ0) is 12.0. The first-order valence-electron chi connectivity index (χ1n) is 5.84. The highest BCUT2D eigenvalue weighted by Crippen LogP contribution is 2.20. The number of halogens is 1. The van der Waals surface area contributed by atoms with Crippen LogP contribution in [-0.4, -0.2) is 13.0 Å². The van der Waals surface area contributed by atoms with Crippen molar-refractivity contribution in [1.29, 1.82) is 0 Å². The lowest BCUT2D eigenvalue weighted by atomic mass is 9.92. The molecule has 0 aromatic heterocycles. The highest BCUT2D eigenvalue weighted by molar-refractivity contribution is 6.18. The van der Waals surface area contributed by atoms with Gasteiger partial charge in [0.2, 0.25) is 0 Å². The third kappa shape index (κ3) is 4.44. The summed E-state index contributed by atoms with van der Waals surface area (Å²) in [5.41, 5.74) is 1.34. The summed E-state index contributed by atoms with van der Waals surface area (Å²) >= 11 is 6.00. The molecule has 0 N–H and O–H groups in total. The average Bonchev–Trinajstić information content (AvgIpc) is 2.28. The standard InChI is InChI=1S/C14H21ClO/c1-11(2)8-13(10-15)9-12-4-6-14(16-3)7-5-12/h4-7,11,13H,8-10H2,1-3H3. The molecule has 0 bridgehead atoms. The summed E-state index contributed by atoms with van der Waals surface area (Å²) in [7, 11) is 1.69. The molecule has 90 valence electrons. The van der Waals surface area contributed by atoms with Gasteiger partial charge in [-0.15, -0.1) is 11.6 Å². The van der Waals surface area contributed by atoms with Crippen LogP contribution in [0.25, 0.3) is 0 Å². The molecule has 2 heteroatoms. The normalized spacial score (nSPS) is 12.8. The van der Waals surface area contributed by atoms with Crippen molar-refractivity contribution in [3.8, 4) is 5.75 Å². The van der Waals surface area contributed by atoms with Gasteiger partial charge in [0.15, 0.2) is 0 Å². The van der Waals surface area contributed by atoms with Gasteiger partial charge in [-0.1, -0.05) is 26.0 Å².